The van der Waals surface area contributed by atoms with Gasteiger partial charge in [0.25, 0.3) is 0 Å². The lowest BCUT2D eigenvalue weighted by Gasteiger charge is -2.28. The highest BCUT2D eigenvalue weighted by atomic mass is 16.2. The van der Waals surface area contributed by atoms with Crippen molar-refractivity contribution in [3.05, 3.63) is 0 Å². The van der Waals surface area contributed by atoms with E-state index < -0.39 is 0 Å². The van der Waals surface area contributed by atoms with Crippen LogP contribution in [-0.2, 0) is 4.79 Å². The molecular weight excluding hydrogens is 222 g/mol. The summed E-state index contributed by atoms with van der Waals surface area (Å²) in [5.74, 6) is 0.506. The second kappa shape index (κ2) is 9.55. The van der Waals surface area contributed by atoms with Gasteiger partial charge in [-0.25, -0.2) is 4.79 Å². The van der Waals surface area contributed by atoms with Gasteiger partial charge in [-0.1, -0.05) is 45.4 Å². The number of amides is 1. The molecule has 0 aliphatic carbocycles. The highest BCUT2D eigenvalue weighted by Gasteiger charge is 2.27. The van der Waals surface area contributed by atoms with Crippen LogP contribution in [0.4, 0.5) is 0 Å². The zero-order chi connectivity index (χ0) is 14.0. The fourth-order valence-electron chi connectivity index (χ4n) is 2.45. The lowest BCUT2D eigenvalue weighted by Crippen LogP contribution is -2.48. The van der Waals surface area contributed by atoms with Crippen LogP contribution in [0.5, 0.6) is 0 Å². The Morgan fingerprint density at radius 2 is 1.33 bits per heavy atom. The van der Waals surface area contributed by atoms with Gasteiger partial charge in [0.1, 0.15) is 0 Å². The molecule has 0 rings (SSSR count). The third-order valence-electron chi connectivity index (χ3n) is 3.66. The van der Waals surface area contributed by atoms with Crippen molar-refractivity contribution in [1.82, 2.24) is 0 Å². The van der Waals surface area contributed by atoms with Crippen LogP contribution in [-0.4, -0.2) is 31.0 Å². The van der Waals surface area contributed by atoms with Crippen molar-refractivity contribution in [3.8, 4) is 0 Å². The molecular formula is C16H34NO+. The number of nitrogens with zero attached hydrogens (tertiary/aromatic N) is 1. The number of hydrogen-bond acceptors (Lipinski definition) is 1. The van der Waals surface area contributed by atoms with E-state index in [1.807, 2.05) is 27.9 Å². The number of quaternary nitrogens is 1. The minimum absolute atomic E-state index is 0.147. The Balaban J connectivity index is 3.56. The van der Waals surface area contributed by atoms with E-state index >= 15 is 0 Å². The number of rotatable bonds is 10. The average molecular weight is 256 g/mol. The lowest BCUT2D eigenvalue weighted by molar-refractivity contribution is -0.815. The van der Waals surface area contributed by atoms with Crippen molar-refractivity contribution >= 4 is 5.91 Å². The fourth-order valence-corrected chi connectivity index (χ4v) is 2.45. The summed E-state index contributed by atoms with van der Waals surface area (Å²) in [4.78, 5) is 12.0. The van der Waals surface area contributed by atoms with E-state index in [4.69, 9.17) is 0 Å². The Labute approximate surface area is 114 Å². The van der Waals surface area contributed by atoms with E-state index in [1.54, 1.807) is 0 Å². The monoisotopic (exact) mass is 256 g/mol. The van der Waals surface area contributed by atoms with Gasteiger partial charge in [-0.3, -0.25) is 4.48 Å². The van der Waals surface area contributed by atoms with E-state index in [-0.39, 0.29) is 5.92 Å². The van der Waals surface area contributed by atoms with Crippen molar-refractivity contribution in [2.24, 2.45) is 5.92 Å². The zero-order valence-corrected chi connectivity index (χ0v) is 13.3. The summed E-state index contributed by atoms with van der Waals surface area (Å²) in [6.07, 6.45) is 10.6. The minimum Gasteiger partial charge on any atom is -0.265 e. The molecule has 2 nitrogen and oxygen atoms in total. The van der Waals surface area contributed by atoms with Crippen molar-refractivity contribution in [1.29, 1.82) is 0 Å². The van der Waals surface area contributed by atoms with E-state index in [1.165, 1.54) is 51.4 Å². The smallest absolute Gasteiger partial charge is 0.265 e. The van der Waals surface area contributed by atoms with E-state index in [0.29, 0.717) is 10.4 Å². The molecule has 1 amide bonds. The molecule has 0 atom stereocenters. The fraction of sp³-hybridized carbons (Fsp3) is 0.938. The van der Waals surface area contributed by atoms with Crippen LogP contribution in [0, 0.1) is 5.92 Å². The third-order valence-corrected chi connectivity index (χ3v) is 3.66. The summed E-state index contributed by atoms with van der Waals surface area (Å²) < 4.78 is 0.549. The first-order chi connectivity index (χ1) is 8.41. The van der Waals surface area contributed by atoms with Crippen LogP contribution in [0.3, 0.4) is 0 Å². The second-order valence-electron chi connectivity index (χ2n) is 6.38. The SMILES string of the molecule is CCCCCCCCCC[N+](C)(C)C(=O)C(C)C. The molecule has 0 radical (unpaired) electrons. The average Bonchev–Trinajstić information content (AvgIpc) is 2.31. The standard InChI is InChI=1S/C16H34NO/c1-6-7-8-9-10-11-12-13-14-17(4,5)16(18)15(2)3/h15H,6-14H2,1-5H3/q+1. The molecule has 0 unspecified atom stereocenters. The summed E-state index contributed by atoms with van der Waals surface area (Å²) >= 11 is 0. The Kier molecular flexibility index (Phi) is 9.35. The van der Waals surface area contributed by atoms with Crippen molar-refractivity contribution < 1.29 is 9.28 Å². The van der Waals surface area contributed by atoms with Gasteiger partial charge in [-0.2, -0.15) is 0 Å². The molecule has 0 aliphatic heterocycles. The first-order valence-electron chi connectivity index (χ1n) is 7.79. The molecule has 2 heteroatoms. The van der Waals surface area contributed by atoms with Crippen LogP contribution >= 0.6 is 0 Å². The predicted molar refractivity (Wildman–Crippen MR) is 79.4 cm³/mol. The zero-order valence-electron chi connectivity index (χ0n) is 13.3. The highest BCUT2D eigenvalue weighted by Crippen LogP contribution is 2.12. The molecule has 18 heavy (non-hydrogen) atoms. The highest BCUT2D eigenvalue weighted by molar-refractivity contribution is 5.70. The maximum atomic E-state index is 12.0. The molecule has 0 saturated heterocycles. The Bertz CT molecular complexity index is 221. The minimum atomic E-state index is 0.147. The molecule has 0 heterocycles. The predicted octanol–water partition coefficient (Wildman–Crippen LogP) is 4.39. The Morgan fingerprint density at radius 1 is 0.889 bits per heavy atom. The molecule has 0 aromatic carbocycles. The first kappa shape index (κ1) is 17.6. The van der Waals surface area contributed by atoms with Crippen LogP contribution in [0.25, 0.3) is 0 Å². The van der Waals surface area contributed by atoms with Gasteiger partial charge < -0.3 is 0 Å². The first-order valence-corrected chi connectivity index (χ1v) is 7.79. The summed E-state index contributed by atoms with van der Waals surface area (Å²) in [5, 5.41) is 0. The van der Waals surface area contributed by atoms with Crippen molar-refractivity contribution in [3.63, 3.8) is 0 Å². The number of hydrogen-bond donors (Lipinski definition) is 0. The molecule has 108 valence electrons. The Hall–Kier alpha value is -0.370. The summed E-state index contributed by atoms with van der Waals surface area (Å²) in [5.41, 5.74) is 0. The maximum absolute atomic E-state index is 12.0. The van der Waals surface area contributed by atoms with Crippen LogP contribution in [0.2, 0.25) is 0 Å². The molecule has 0 saturated carbocycles. The third kappa shape index (κ3) is 7.86. The van der Waals surface area contributed by atoms with Crippen LogP contribution < -0.4 is 0 Å². The summed E-state index contributed by atoms with van der Waals surface area (Å²) in [7, 11) is 4.09. The maximum Gasteiger partial charge on any atom is 0.315 e. The molecule has 0 aliphatic rings. The number of carbonyl (C=O) groups is 1. The van der Waals surface area contributed by atoms with Crippen molar-refractivity contribution in [2.75, 3.05) is 20.6 Å². The van der Waals surface area contributed by atoms with E-state index in [9.17, 15) is 4.79 Å². The van der Waals surface area contributed by atoms with Crippen LogP contribution in [0.15, 0.2) is 0 Å². The lowest BCUT2D eigenvalue weighted by atomic mass is 10.1. The number of unbranched alkanes of at least 4 members (excludes halogenated alkanes) is 7. The van der Waals surface area contributed by atoms with E-state index in [0.717, 1.165) is 6.54 Å². The van der Waals surface area contributed by atoms with Gasteiger partial charge >= 0.3 is 5.91 Å². The van der Waals surface area contributed by atoms with Gasteiger partial charge in [0.2, 0.25) is 0 Å². The Morgan fingerprint density at radius 3 is 1.78 bits per heavy atom. The molecule has 0 bridgehead atoms. The van der Waals surface area contributed by atoms with Gasteiger partial charge in [0.15, 0.2) is 0 Å². The van der Waals surface area contributed by atoms with Crippen LogP contribution in [0.1, 0.15) is 72.1 Å². The summed E-state index contributed by atoms with van der Waals surface area (Å²) in [6.45, 7) is 7.24. The second-order valence-corrected chi connectivity index (χ2v) is 6.38. The molecule has 0 aromatic heterocycles. The van der Waals surface area contributed by atoms with Crippen molar-refractivity contribution in [2.45, 2.75) is 72.1 Å². The van der Waals surface area contributed by atoms with Gasteiger partial charge in [-0.15, -0.1) is 0 Å². The molecule has 0 fully saturated rings. The van der Waals surface area contributed by atoms with Gasteiger partial charge in [-0.05, 0) is 26.7 Å². The quantitative estimate of drug-likeness (QED) is 0.418. The molecule has 0 aromatic rings. The topological polar surface area (TPSA) is 17.1 Å². The largest absolute Gasteiger partial charge is 0.315 e. The summed E-state index contributed by atoms with van der Waals surface area (Å²) in [6, 6.07) is 0. The van der Waals surface area contributed by atoms with E-state index in [2.05, 4.69) is 6.92 Å². The van der Waals surface area contributed by atoms with Gasteiger partial charge in [0, 0.05) is 0 Å². The molecule has 0 N–H and O–H groups in total. The molecule has 0 spiro atoms. The van der Waals surface area contributed by atoms with Gasteiger partial charge in [0.05, 0.1) is 26.6 Å². The normalized spacial score (nSPS) is 12.1. The number of carbonyl (C=O) groups excluding carboxylic acids is 1.